The monoisotopic (exact) mass is 750 g/mol. The van der Waals surface area contributed by atoms with Gasteiger partial charge >= 0.3 is 0 Å². The summed E-state index contributed by atoms with van der Waals surface area (Å²) in [5, 5.41) is 44.6. The number of nitriles is 4. The van der Waals surface area contributed by atoms with Gasteiger partial charge in [0.1, 0.15) is 6.07 Å². The van der Waals surface area contributed by atoms with Crippen molar-refractivity contribution in [1.29, 1.82) is 21.0 Å². The van der Waals surface area contributed by atoms with Crippen LogP contribution in [0.4, 0.5) is 0 Å². The highest BCUT2D eigenvalue weighted by Gasteiger charge is 2.23. The molecule has 0 saturated carbocycles. The van der Waals surface area contributed by atoms with Crippen molar-refractivity contribution in [3.8, 4) is 69.0 Å². The molecule has 0 aliphatic heterocycles. The van der Waals surface area contributed by atoms with Gasteiger partial charge in [-0.1, -0.05) is 78.9 Å². The zero-order valence-electron chi connectivity index (χ0n) is 31.8. The molecule has 0 aliphatic carbocycles. The minimum Gasteiger partial charge on any atom is -0.309 e. The van der Waals surface area contributed by atoms with Gasteiger partial charge in [0, 0.05) is 27.1 Å². The molecule has 2 aromatic heterocycles. The van der Waals surface area contributed by atoms with Gasteiger partial charge in [-0.15, -0.1) is 0 Å². The second kappa shape index (κ2) is 13.8. The molecule has 0 radical (unpaired) electrons. The van der Waals surface area contributed by atoms with Crippen molar-refractivity contribution in [3.05, 3.63) is 192 Å². The first-order valence-corrected chi connectivity index (χ1v) is 19.1. The SMILES string of the molecule is Cc1cc(C#N)cc(-c2cc(-n3c4ccccc4c4cc(-c5cccc(C#N)c5)ccc43)c(C#N)cc2-n2c3ccccc3c3cc(-c4cccc(C#N)c4)ccc32)c1. The van der Waals surface area contributed by atoms with E-state index >= 15 is 0 Å². The standard InChI is InChI=1S/C53H30N6/c1-33-20-36(31-56)24-41(21-33)45-28-52(58-48-14-4-2-12-43(48)46-25-39(16-18-50(46)58)37-10-6-8-34(22-37)29-54)42(32-57)27-53(45)59-49-15-5-3-13-44(49)47-26-40(17-19-51(47)59)38-11-7-9-35(23-38)30-55/h2-28H,1H3. The van der Waals surface area contributed by atoms with E-state index < -0.39 is 0 Å². The molecule has 0 saturated heterocycles. The average molecular weight is 751 g/mol. The molecule has 0 aliphatic rings. The largest absolute Gasteiger partial charge is 0.309 e. The fraction of sp³-hybridized carbons (Fsp3) is 0.0189. The van der Waals surface area contributed by atoms with Crippen LogP contribution >= 0.6 is 0 Å². The normalized spacial score (nSPS) is 11.1. The van der Waals surface area contributed by atoms with Gasteiger partial charge in [-0.2, -0.15) is 21.0 Å². The van der Waals surface area contributed by atoms with Crippen molar-refractivity contribution in [1.82, 2.24) is 9.13 Å². The molecule has 10 rings (SSSR count). The summed E-state index contributed by atoms with van der Waals surface area (Å²) < 4.78 is 4.39. The summed E-state index contributed by atoms with van der Waals surface area (Å²) in [7, 11) is 0. The summed E-state index contributed by atoms with van der Waals surface area (Å²) in [6.07, 6.45) is 0. The Morgan fingerprint density at radius 3 is 1.39 bits per heavy atom. The first-order valence-electron chi connectivity index (χ1n) is 19.1. The van der Waals surface area contributed by atoms with Crippen molar-refractivity contribution in [2.75, 3.05) is 0 Å². The number of hydrogen-bond donors (Lipinski definition) is 0. The molecule has 0 N–H and O–H groups in total. The predicted octanol–water partition coefficient (Wildman–Crippen LogP) is 12.7. The Kier molecular flexibility index (Phi) is 8.14. The van der Waals surface area contributed by atoms with Gasteiger partial charge in [0.2, 0.25) is 0 Å². The van der Waals surface area contributed by atoms with Crippen LogP contribution in [0, 0.1) is 52.2 Å². The van der Waals surface area contributed by atoms with Gasteiger partial charge in [-0.25, -0.2) is 0 Å². The van der Waals surface area contributed by atoms with E-state index in [2.05, 4.69) is 106 Å². The van der Waals surface area contributed by atoms with Crippen LogP contribution in [0.25, 0.3) is 88.4 Å². The number of hydrogen-bond acceptors (Lipinski definition) is 4. The molecule has 0 unspecified atom stereocenters. The van der Waals surface area contributed by atoms with Crippen LogP contribution in [0.5, 0.6) is 0 Å². The quantitative estimate of drug-likeness (QED) is 0.175. The van der Waals surface area contributed by atoms with Gasteiger partial charge in [-0.05, 0) is 125 Å². The Labute approximate surface area is 340 Å². The molecular formula is C53H30N6. The lowest BCUT2D eigenvalue weighted by atomic mass is 9.96. The number of aryl methyl sites for hydroxylation is 1. The second-order valence-corrected chi connectivity index (χ2v) is 14.8. The molecule has 0 amide bonds. The Bertz CT molecular complexity index is 3570. The molecule has 0 spiro atoms. The third-order valence-electron chi connectivity index (χ3n) is 11.2. The molecule has 2 heterocycles. The molecular weight excluding hydrogens is 721 g/mol. The molecule has 6 heteroatoms. The van der Waals surface area contributed by atoms with E-state index in [1.165, 1.54) is 0 Å². The Morgan fingerprint density at radius 2 is 0.847 bits per heavy atom. The molecule has 0 fully saturated rings. The third kappa shape index (κ3) is 5.69. The Morgan fingerprint density at radius 1 is 0.356 bits per heavy atom. The number of nitrogens with zero attached hydrogens (tertiary/aromatic N) is 6. The molecule has 59 heavy (non-hydrogen) atoms. The maximum Gasteiger partial charge on any atom is 0.101 e. The zero-order valence-corrected chi connectivity index (χ0v) is 31.8. The van der Waals surface area contributed by atoms with Crippen LogP contribution in [-0.4, -0.2) is 9.13 Å². The fourth-order valence-electron chi connectivity index (χ4n) is 8.63. The van der Waals surface area contributed by atoms with E-state index in [4.69, 9.17) is 0 Å². The lowest BCUT2D eigenvalue weighted by Gasteiger charge is -2.19. The maximum absolute atomic E-state index is 11.1. The van der Waals surface area contributed by atoms with Crippen LogP contribution in [0.3, 0.4) is 0 Å². The van der Waals surface area contributed by atoms with Gasteiger partial charge in [0.15, 0.2) is 0 Å². The molecule has 10 aromatic rings. The number of benzene rings is 8. The number of aromatic nitrogens is 2. The molecule has 6 nitrogen and oxygen atoms in total. The first kappa shape index (κ1) is 34.8. The summed E-state index contributed by atoms with van der Waals surface area (Å²) in [5.74, 6) is 0. The van der Waals surface area contributed by atoms with Crippen LogP contribution < -0.4 is 0 Å². The lowest BCUT2D eigenvalue weighted by molar-refractivity contribution is 1.13. The number of fused-ring (bicyclic) bond motifs is 6. The zero-order chi connectivity index (χ0) is 40.2. The van der Waals surface area contributed by atoms with E-state index in [1.807, 2.05) is 91.9 Å². The van der Waals surface area contributed by atoms with Gasteiger partial charge in [0.25, 0.3) is 0 Å². The second-order valence-electron chi connectivity index (χ2n) is 14.8. The average Bonchev–Trinajstić information content (AvgIpc) is 3.80. The molecule has 0 bridgehead atoms. The Hall–Kier alpha value is -8.68. The summed E-state index contributed by atoms with van der Waals surface area (Å²) in [5.41, 5.74) is 14.2. The van der Waals surface area contributed by atoms with Crippen molar-refractivity contribution < 1.29 is 0 Å². The number of rotatable bonds is 5. The predicted molar refractivity (Wildman–Crippen MR) is 235 cm³/mol. The highest BCUT2D eigenvalue weighted by atomic mass is 15.0. The molecule has 8 aromatic carbocycles. The maximum atomic E-state index is 11.1. The summed E-state index contributed by atoms with van der Waals surface area (Å²) in [6.45, 7) is 1.99. The summed E-state index contributed by atoms with van der Waals surface area (Å²) >= 11 is 0. The first-order chi connectivity index (χ1) is 29.0. The van der Waals surface area contributed by atoms with Crippen LogP contribution in [0.15, 0.2) is 164 Å². The summed E-state index contributed by atoms with van der Waals surface area (Å²) in [6, 6.07) is 63.9. The van der Waals surface area contributed by atoms with E-state index in [0.29, 0.717) is 22.3 Å². The molecule has 0 atom stereocenters. The van der Waals surface area contributed by atoms with Crippen molar-refractivity contribution in [2.24, 2.45) is 0 Å². The van der Waals surface area contributed by atoms with Gasteiger partial charge in [0.05, 0.1) is 73.9 Å². The van der Waals surface area contributed by atoms with Crippen LogP contribution in [0.2, 0.25) is 0 Å². The Balaban J connectivity index is 1.27. The summed E-state index contributed by atoms with van der Waals surface area (Å²) in [4.78, 5) is 0. The minimum atomic E-state index is 0.487. The lowest BCUT2D eigenvalue weighted by Crippen LogP contribution is -2.04. The van der Waals surface area contributed by atoms with Crippen molar-refractivity contribution >= 4 is 43.6 Å². The number of para-hydroxylation sites is 2. The third-order valence-corrected chi connectivity index (χ3v) is 11.2. The van der Waals surface area contributed by atoms with Crippen LogP contribution in [-0.2, 0) is 0 Å². The highest BCUT2D eigenvalue weighted by molar-refractivity contribution is 6.12. The van der Waals surface area contributed by atoms with E-state index in [-0.39, 0.29) is 0 Å². The van der Waals surface area contributed by atoms with Crippen LogP contribution in [0.1, 0.15) is 27.8 Å². The smallest absolute Gasteiger partial charge is 0.101 e. The highest BCUT2D eigenvalue weighted by Crippen LogP contribution is 2.42. The van der Waals surface area contributed by atoms with E-state index in [1.54, 1.807) is 6.07 Å². The van der Waals surface area contributed by atoms with Crippen molar-refractivity contribution in [2.45, 2.75) is 6.92 Å². The van der Waals surface area contributed by atoms with Gasteiger partial charge < -0.3 is 9.13 Å². The van der Waals surface area contributed by atoms with Crippen molar-refractivity contribution in [3.63, 3.8) is 0 Å². The topological polar surface area (TPSA) is 105 Å². The minimum absolute atomic E-state index is 0.487. The molecule has 272 valence electrons. The fourth-order valence-corrected chi connectivity index (χ4v) is 8.63. The van der Waals surface area contributed by atoms with E-state index in [9.17, 15) is 21.0 Å². The van der Waals surface area contributed by atoms with Gasteiger partial charge in [-0.3, -0.25) is 0 Å². The van der Waals surface area contributed by atoms with E-state index in [0.717, 1.165) is 93.9 Å².